The first-order valence-electron chi connectivity index (χ1n) is 6.24. The van der Waals surface area contributed by atoms with Gasteiger partial charge >= 0.3 is 5.97 Å². The number of ketones is 1. The van der Waals surface area contributed by atoms with Gasteiger partial charge in [-0.05, 0) is 35.8 Å². The molecule has 3 heteroatoms. The van der Waals surface area contributed by atoms with Gasteiger partial charge in [0.25, 0.3) is 0 Å². The van der Waals surface area contributed by atoms with Crippen molar-refractivity contribution in [3.63, 3.8) is 0 Å². The van der Waals surface area contributed by atoms with Crippen molar-refractivity contribution in [1.29, 1.82) is 0 Å². The van der Waals surface area contributed by atoms with E-state index in [1.54, 1.807) is 6.08 Å². The molecule has 0 amide bonds. The van der Waals surface area contributed by atoms with Crippen LogP contribution in [-0.2, 0) is 14.3 Å². The van der Waals surface area contributed by atoms with Gasteiger partial charge in [-0.2, -0.15) is 0 Å². The molecule has 1 heterocycles. The summed E-state index contributed by atoms with van der Waals surface area (Å²) in [6, 6.07) is 0. The minimum atomic E-state index is -0.284. The highest BCUT2D eigenvalue weighted by Crippen LogP contribution is 2.53. The topological polar surface area (TPSA) is 43.4 Å². The van der Waals surface area contributed by atoms with Crippen molar-refractivity contribution >= 4 is 11.8 Å². The number of carbonyl (C=O) groups excluding carboxylic acids is 2. The molecular weight excluding hydrogens is 228 g/mol. The number of hydrogen-bond donors (Lipinski definition) is 0. The molecule has 4 atom stereocenters. The molecule has 0 aromatic heterocycles. The first-order chi connectivity index (χ1) is 8.42. The summed E-state index contributed by atoms with van der Waals surface area (Å²) in [5.74, 6) is -0.130. The quantitative estimate of drug-likeness (QED) is 0.484. The van der Waals surface area contributed by atoms with Crippen LogP contribution >= 0.6 is 0 Å². The Kier molecular flexibility index (Phi) is 2.19. The summed E-state index contributed by atoms with van der Waals surface area (Å²) in [5, 5.41) is 0. The minimum absolute atomic E-state index is 0.00628. The Morgan fingerprint density at radius 2 is 2.06 bits per heavy atom. The van der Waals surface area contributed by atoms with Gasteiger partial charge in [-0.1, -0.05) is 26.2 Å². The Morgan fingerprint density at radius 1 is 1.33 bits per heavy atom. The summed E-state index contributed by atoms with van der Waals surface area (Å²) in [6.45, 7) is 9.85. The standard InChI is InChI=1S/C15H16O3/c1-8-10-6-11-9(2)12(16)4-5-15(11,3)7-13(10)18-14(8)17/h4-5,10-11,13H,1-2,6-7H2,3H3/t10-,11+,13+,15+/m0/s1. The molecule has 0 radical (unpaired) electrons. The van der Waals surface area contributed by atoms with E-state index in [2.05, 4.69) is 20.1 Å². The lowest BCUT2D eigenvalue weighted by Gasteiger charge is -2.46. The summed E-state index contributed by atoms with van der Waals surface area (Å²) in [4.78, 5) is 23.3. The van der Waals surface area contributed by atoms with Crippen molar-refractivity contribution in [2.75, 3.05) is 0 Å². The van der Waals surface area contributed by atoms with Crippen molar-refractivity contribution in [2.45, 2.75) is 25.9 Å². The summed E-state index contributed by atoms with van der Waals surface area (Å²) >= 11 is 0. The van der Waals surface area contributed by atoms with Gasteiger partial charge in [0.15, 0.2) is 5.78 Å². The van der Waals surface area contributed by atoms with Gasteiger partial charge in [0.05, 0.1) is 0 Å². The van der Waals surface area contributed by atoms with E-state index in [0.29, 0.717) is 11.1 Å². The number of carbonyl (C=O) groups is 2. The van der Waals surface area contributed by atoms with Crippen molar-refractivity contribution in [2.24, 2.45) is 17.3 Å². The molecule has 18 heavy (non-hydrogen) atoms. The second-order valence-electron chi connectivity index (χ2n) is 5.80. The van der Waals surface area contributed by atoms with Crippen LogP contribution in [0.5, 0.6) is 0 Å². The fourth-order valence-electron chi connectivity index (χ4n) is 3.52. The second kappa shape index (κ2) is 3.44. The third-order valence-electron chi connectivity index (χ3n) is 4.70. The largest absolute Gasteiger partial charge is 0.458 e. The van der Waals surface area contributed by atoms with Crippen molar-refractivity contribution in [1.82, 2.24) is 0 Å². The van der Waals surface area contributed by atoms with Crippen LogP contribution in [0.3, 0.4) is 0 Å². The van der Waals surface area contributed by atoms with E-state index in [1.165, 1.54) is 0 Å². The van der Waals surface area contributed by atoms with Crippen LogP contribution in [0.1, 0.15) is 19.8 Å². The van der Waals surface area contributed by atoms with Crippen molar-refractivity contribution in [3.8, 4) is 0 Å². The molecular formula is C15H16O3. The smallest absolute Gasteiger partial charge is 0.334 e. The van der Waals surface area contributed by atoms with E-state index in [9.17, 15) is 9.59 Å². The van der Waals surface area contributed by atoms with Gasteiger partial charge in [-0.25, -0.2) is 4.79 Å². The molecule has 1 aliphatic heterocycles. The minimum Gasteiger partial charge on any atom is -0.458 e. The average molecular weight is 244 g/mol. The van der Waals surface area contributed by atoms with Gasteiger partial charge in [-0.3, -0.25) is 4.79 Å². The number of ether oxygens (including phenoxy) is 1. The summed E-state index contributed by atoms with van der Waals surface area (Å²) < 4.78 is 5.37. The van der Waals surface area contributed by atoms with Crippen LogP contribution in [0.25, 0.3) is 0 Å². The zero-order valence-electron chi connectivity index (χ0n) is 10.4. The van der Waals surface area contributed by atoms with E-state index >= 15 is 0 Å². The van der Waals surface area contributed by atoms with E-state index in [-0.39, 0.29) is 35.1 Å². The van der Waals surface area contributed by atoms with Gasteiger partial charge < -0.3 is 4.74 Å². The fraction of sp³-hybridized carbons (Fsp3) is 0.467. The number of fused-ring (bicyclic) bond motifs is 2. The van der Waals surface area contributed by atoms with Gasteiger partial charge in [0.2, 0.25) is 0 Å². The first-order valence-corrected chi connectivity index (χ1v) is 6.24. The zero-order chi connectivity index (χ0) is 13.1. The third kappa shape index (κ3) is 1.36. The third-order valence-corrected chi connectivity index (χ3v) is 4.70. The molecule has 0 aromatic rings. The molecule has 0 N–H and O–H groups in total. The highest BCUT2D eigenvalue weighted by molar-refractivity contribution is 6.05. The Hall–Kier alpha value is -1.64. The van der Waals surface area contributed by atoms with Crippen LogP contribution in [0.15, 0.2) is 36.5 Å². The first kappa shape index (κ1) is 11.5. The Labute approximate surface area is 106 Å². The normalized spacial score (nSPS) is 42.6. The van der Waals surface area contributed by atoms with E-state index in [4.69, 9.17) is 4.74 Å². The predicted molar refractivity (Wildman–Crippen MR) is 66.6 cm³/mol. The molecule has 2 aliphatic carbocycles. The lowest BCUT2D eigenvalue weighted by atomic mass is 9.58. The molecule has 3 rings (SSSR count). The summed E-state index contributed by atoms with van der Waals surface area (Å²) in [6.07, 6.45) is 4.96. The average Bonchev–Trinajstić information content (AvgIpc) is 2.58. The lowest BCUT2D eigenvalue weighted by Crippen LogP contribution is -2.43. The van der Waals surface area contributed by atoms with Gasteiger partial charge in [-0.15, -0.1) is 0 Å². The number of rotatable bonds is 0. The number of allylic oxidation sites excluding steroid dienone is 3. The van der Waals surface area contributed by atoms with Crippen LogP contribution in [0, 0.1) is 17.3 Å². The lowest BCUT2D eigenvalue weighted by molar-refractivity contribution is -0.141. The highest BCUT2D eigenvalue weighted by Gasteiger charge is 2.52. The Morgan fingerprint density at radius 3 is 2.78 bits per heavy atom. The second-order valence-corrected chi connectivity index (χ2v) is 5.80. The molecule has 0 bridgehead atoms. The molecule has 0 aromatic carbocycles. The zero-order valence-corrected chi connectivity index (χ0v) is 10.4. The number of esters is 1. The summed E-state index contributed by atoms with van der Waals surface area (Å²) in [7, 11) is 0. The molecule has 94 valence electrons. The SMILES string of the molecule is C=C1C(=O)C=C[C@]2(C)C[C@H]3OC(=O)C(=C)[C@@H]3C[C@H]12. The van der Waals surface area contributed by atoms with Crippen LogP contribution in [0.4, 0.5) is 0 Å². The van der Waals surface area contributed by atoms with Crippen LogP contribution in [-0.4, -0.2) is 17.9 Å². The van der Waals surface area contributed by atoms with E-state index < -0.39 is 0 Å². The molecule has 0 spiro atoms. The van der Waals surface area contributed by atoms with E-state index in [1.807, 2.05) is 6.08 Å². The number of hydrogen-bond acceptors (Lipinski definition) is 3. The Bertz CT molecular complexity index is 514. The molecule has 3 aliphatic rings. The monoisotopic (exact) mass is 244 g/mol. The fourth-order valence-corrected chi connectivity index (χ4v) is 3.52. The van der Waals surface area contributed by atoms with Crippen molar-refractivity contribution in [3.05, 3.63) is 36.5 Å². The van der Waals surface area contributed by atoms with Crippen molar-refractivity contribution < 1.29 is 14.3 Å². The molecule has 1 saturated carbocycles. The highest BCUT2D eigenvalue weighted by atomic mass is 16.6. The Balaban J connectivity index is 1.99. The van der Waals surface area contributed by atoms with Crippen LogP contribution < -0.4 is 0 Å². The maximum Gasteiger partial charge on any atom is 0.334 e. The van der Waals surface area contributed by atoms with Gasteiger partial charge in [0, 0.05) is 11.5 Å². The summed E-state index contributed by atoms with van der Waals surface area (Å²) in [5.41, 5.74) is 1.08. The predicted octanol–water partition coefficient (Wildman–Crippen LogP) is 2.20. The maximum absolute atomic E-state index is 11.7. The molecule has 1 saturated heterocycles. The molecule has 0 unspecified atom stereocenters. The van der Waals surface area contributed by atoms with Gasteiger partial charge in [0.1, 0.15) is 6.10 Å². The molecule has 2 fully saturated rings. The van der Waals surface area contributed by atoms with Crippen LogP contribution in [0.2, 0.25) is 0 Å². The van der Waals surface area contributed by atoms with E-state index in [0.717, 1.165) is 12.8 Å². The maximum atomic E-state index is 11.7. The molecule has 3 nitrogen and oxygen atoms in total.